The molecule has 0 radical (unpaired) electrons. The SMILES string of the molecule is C=C/C(=C\C)n1c(-c2ccc(-c3cnc(-c4ccc(N(c5ccc(C)cc5)c5ccc(C)cc5)cc4)cn3)cc2)nc(C=C)c1C=C. The Kier molecular flexibility index (Phi) is 8.89. The lowest BCUT2D eigenvalue weighted by Crippen LogP contribution is -2.09. The molecule has 5 heteroatoms. The third-order valence-electron chi connectivity index (χ3n) is 8.19. The minimum absolute atomic E-state index is 0.771. The van der Waals surface area contributed by atoms with E-state index in [2.05, 4.69) is 111 Å². The highest BCUT2D eigenvalue weighted by molar-refractivity contribution is 5.79. The number of anilines is 3. The Hall–Kier alpha value is -6.07. The summed E-state index contributed by atoms with van der Waals surface area (Å²) in [5.74, 6) is 0.794. The highest BCUT2D eigenvalue weighted by atomic mass is 15.1. The van der Waals surface area contributed by atoms with Crippen molar-refractivity contribution in [1.82, 2.24) is 19.5 Å². The Morgan fingerprint density at radius 2 is 1.06 bits per heavy atom. The van der Waals surface area contributed by atoms with Gasteiger partial charge in [-0.05, 0) is 75.4 Å². The predicted molar refractivity (Wildman–Crippen MR) is 199 cm³/mol. The fraction of sp³-hybridized carbons (Fsp3) is 0.0714. The van der Waals surface area contributed by atoms with Gasteiger partial charge < -0.3 is 4.90 Å². The van der Waals surface area contributed by atoms with E-state index in [-0.39, 0.29) is 0 Å². The first-order valence-electron chi connectivity index (χ1n) is 15.6. The van der Waals surface area contributed by atoms with Gasteiger partial charge in [0.2, 0.25) is 0 Å². The molecule has 0 aliphatic rings. The van der Waals surface area contributed by atoms with Crippen LogP contribution in [-0.2, 0) is 0 Å². The highest BCUT2D eigenvalue weighted by Gasteiger charge is 2.17. The quantitative estimate of drug-likeness (QED) is 0.145. The molecule has 0 spiro atoms. The van der Waals surface area contributed by atoms with E-state index in [0.29, 0.717) is 0 Å². The smallest absolute Gasteiger partial charge is 0.145 e. The van der Waals surface area contributed by atoms with E-state index in [1.807, 2.05) is 60.3 Å². The van der Waals surface area contributed by atoms with E-state index in [1.54, 1.807) is 12.2 Å². The van der Waals surface area contributed by atoms with Crippen LogP contribution >= 0.6 is 0 Å². The highest BCUT2D eigenvalue weighted by Crippen LogP contribution is 2.36. The number of benzene rings is 4. The zero-order valence-electron chi connectivity index (χ0n) is 27.1. The largest absolute Gasteiger partial charge is 0.311 e. The molecule has 0 amide bonds. The van der Waals surface area contributed by atoms with Gasteiger partial charge in [0.15, 0.2) is 0 Å². The Morgan fingerprint density at radius 1 is 0.617 bits per heavy atom. The van der Waals surface area contributed by atoms with Gasteiger partial charge in [-0.15, -0.1) is 0 Å². The molecule has 0 fully saturated rings. The van der Waals surface area contributed by atoms with Crippen molar-refractivity contribution in [3.05, 3.63) is 164 Å². The second kappa shape index (κ2) is 13.5. The summed E-state index contributed by atoms with van der Waals surface area (Å²) in [6.07, 6.45) is 11.0. The molecule has 0 N–H and O–H groups in total. The van der Waals surface area contributed by atoms with Crippen LogP contribution in [0.5, 0.6) is 0 Å². The molecule has 0 atom stereocenters. The topological polar surface area (TPSA) is 46.8 Å². The van der Waals surface area contributed by atoms with Gasteiger partial charge in [0.05, 0.1) is 35.2 Å². The molecule has 6 rings (SSSR count). The summed E-state index contributed by atoms with van der Waals surface area (Å²) in [4.78, 5) is 16.7. The van der Waals surface area contributed by atoms with Crippen molar-refractivity contribution < 1.29 is 0 Å². The van der Waals surface area contributed by atoms with Crippen LogP contribution in [0.1, 0.15) is 29.4 Å². The number of rotatable bonds is 10. The first kappa shape index (κ1) is 30.9. The summed E-state index contributed by atoms with van der Waals surface area (Å²) in [6, 6.07) is 33.9. The first-order chi connectivity index (χ1) is 22.9. The van der Waals surface area contributed by atoms with Crippen LogP contribution in [0.3, 0.4) is 0 Å². The van der Waals surface area contributed by atoms with Gasteiger partial charge in [0.1, 0.15) is 5.82 Å². The van der Waals surface area contributed by atoms with Crippen molar-refractivity contribution in [2.75, 3.05) is 4.90 Å². The molecule has 0 unspecified atom stereocenters. The summed E-state index contributed by atoms with van der Waals surface area (Å²) in [5.41, 5.74) is 12.9. The molecular formula is C42H37N5. The van der Waals surface area contributed by atoms with Gasteiger partial charge in [-0.2, -0.15) is 0 Å². The average molecular weight is 612 g/mol. The molecule has 47 heavy (non-hydrogen) atoms. The maximum atomic E-state index is 4.85. The van der Waals surface area contributed by atoms with Crippen molar-refractivity contribution in [3.8, 4) is 33.9 Å². The average Bonchev–Trinajstić information content (AvgIpc) is 3.49. The second-order valence-corrected chi connectivity index (χ2v) is 11.3. The van der Waals surface area contributed by atoms with Crippen LogP contribution in [0, 0.1) is 13.8 Å². The summed E-state index contributed by atoms with van der Waals surface area (Å²) in [7, 11) is 0. The van der Waals surface area contributed by atoms with Gasteiger partial charge in [0.25, 0.3) is 0 Å². The summed E-state index contributed by atoms with van der Waals surface area (Å²) < 4.78 is 2.05. The molecule has 0 saturated heterocycles. The van der Waals surface area contributed by atoms with E-state index in [4.69, 9.17) is 15.0 Å². The molecule has 5 nitrogen and oxygen atoms in total. The fourth-order valence-electron chi connectivity index (χ4n) is 5.62. The molecule has 0 saturated carbocycles. The molecule has 0 aliphatic heterocycles. The van der Waals surface area contributed by atoms with Gasteiger partial charge in [-0.3, -0.25) is 14.5 Å². The van der Waals surface area contributed by atoms with Crippen molar-refractivity contribution in [1.29, 1.82) is 0 Å². The van der Waals surface area contributed by atoms with E-state index < -0.39 is 0 Å². The zero-order valence-corrected chi connectivity index (χ0v) is 27.1. The van der Waals surface area contributed by atoms with Crippen molar-refractivity contribution in [2.45, 2.75) is 20.8 Å². The predicted octanol–water partition coefficient (Wildman–Crippen LogP) is 11.1. The van der Waals surface area contributed by atoms with Crippen LogP contribution in [0.25, 0.3) is 51.8 Å². The van der Waals surface area contributed by atoms with Crippen molar-refractivity contribution in [2.24, 2.45) is 0 Å². The van der Waals surface area contributed by atoms with Crippen LogP contribution < -0.4 is 4.90 Å². The zero-order chi connectivity index (χ0) is 32.9. The molecule has 230 valence electrons. The number of allylic oxidation sites excluding steroid dienone is 3. The Balaban J connectivity index is 1.26. The molecular weight excluding hydrogens is 574 g/mol. The number of hydrogen-bond acceptors (Lipinski definition) is 4. The fourth-order valence-corrected chi connectivity index (χ4v) is 5.62. The van der Waals surface area contributed by atoms with E-state index in [9.17, 15) is 0 Å². The van der Waals surface area contributed by atoms with Gasteiger partial charge >= 0.3 is 0 Å². The van der Waals surface area contributed by atoms with Crippen LogP contribution in [-0.4, -0.2) is 19.5 Å². The van der Waals surface area contributed by atoms with Gasteiger partial charge in [-0.1, -0.05) is 97.6 Å². The molecule has 0 bridgehead atoms. The number of nitrogens with zero attached hydrogens (tertiary/aromatic N) is 5. The maximum Gasteiger partial charge on any atom is 0.145 e. The summed E-state index contributed by atoms with van der Waals surface area (Å²) in [6.45, 7) is 18.1. The standard InChI is InChI=1S/C42H37N5/c1-7-34(8-2)47-41(10-4)38(9-3)45-42(47)33-17-15-31(16-18-33)39-27-44-40(28-43-39)32-19-25-37(26-20-32)46(35-21-11-29(5)12-22-35)36-23-13-30(6)14-24-36/h7-28H,1,3-4H2,2,5-6H3/b34-8+. The molecule has 0 aliphatic carbocycles. The van der Waals surface area contributed by atoms with E-state index >= 15 is 0 Å². The lowest BCUT2D eigenvalue weighted by molar-refractivity contribution is 1.09. The summed E-state index contributed by atoms with van der Waals surface area (Å²) >= 11 is 0. The van der Waals surface area contributed by atoms with E-state index in [0.717, 1.165) is 68.0 Å². The monoisotopic (exact) mass is 611 g/mol. The minimum atomic E-state index is 0.771. The first-order valence-corrected chi connectivity index (χ1v) is 15.6. The number of aromatic nitrogens is 4. The number of hydrogen-bond donors (Lipinski definition) is 0. The number of imidazole rings is 1. The molecule has 2 aromatic heterocycles. The molecule has 6 aromatic rings. The minimum Gasteiger partial charge on any atom is -0.311 e. The lowest BCUT2D eigenvalue weighted by atomic mass is 10.1. The lowest BCUT2D eigenvalue weighted by Gasteiger charge is -2.26. The normalized spacial score (nSPS) is 11.3. The van der Waals surface area contributed by atoms with Gasteiger partial charge in [0, 0.05) is 39.4 Å². The van der Waals surface area contributed by atoms with Crippen LogP contribution in [0.2, 0.25) is 0 Å². The van der Waals surface area contributed by atoms with E-state index in [1.165, 1.54) is 11.1 Å². The van der Waals surface area contributed by atoms with Crippen molar-refractivity contribution in [3.63, 3.8) is 0 Å². The summed E-state index contributed by atoms with van der Waals surface area (Å²) in [5, 5.41) is 0. The van der Waals surface area contributed by atoms with Crippen LogP contribution in [0.15, 0.2) is 141 Å². The second-order valence-electron chi connectivity index (χ2n) is 11.3. The Labute approximate surface area is 277 Å². The number of aryl methyl sites for hydroxylation is 2. The Bertz CT molecular complexity index is 2020. The third-order valence-corrected chi connectivity index (χ3v) is 8.19. The van der Waals surface area contributed by atoms with Gasteiger partial charge in [-0.25, -0.2) is 4.98 Å². The molecule has 4 aromatic carbocycles. The molecule has 2 heterocycles. The van der Waals surface area contributed by atoms with Crippen LogP contribution in [0.4, 0.5) is 17.1 Å². The third kappa shape index (κ3) is 6.24. The Morgan fingerprint density at radius 3 is 1.47 bits per heavy atom. The maximum absolute atomic E-state index is 4.85. The van der Waals surface area contributed by atoms with Crippen molar-refractivity contribution >= 4 is 34.9 Å².